The minimum absolute atomic E-state index is 0.670. The van der Waals surface area contributed by atoms with Gasteiger partial charge in [-0.1, -0.05) is 0 Å². The summed E-state index contributed by atoms with van der Waals surface area (Å²) in [6.07, 6.45) is 7.21. The summed E-state index contributed by atoms with van der Waals surface area (Å²) >= 11 is 1.63. The number of aromatic nitrogens is 4. The highest BCUT2D eigenvalue weighted by Gasteiger charge is 2.14. The SMILES string of the molecule is CSc1cccnc1Nc1cc(Nc2ccc(N3CCN(C)CC3)cn2)ncn1. The van der Waals surface area contributed by atoms with Crippen LogP contribution in [0.2, 0.25) is 0 Å². The average Bonchev–Trinajstić information content (AvgIpc) is 2.76. The molecule has 0 spiro atoms. The van der Waals surface area contributed by atoms with E-state index < -0.39 is 0 Å². The normalized spacial score (nSPS) is 14.6. The second-order valence-corrected chi connectivity index (χ2v) is 7.63. The van der Waals surface area contributed by atoms with Crippen LogP contribution in [0.3, 0.4) is 0 Å². The highest BCUT2D eigenvalue weighted by molar-refractivity contribution is 7.98. The molecule has 1 aliphatic heterocycles. The first kappa shape index (κ1) is 19.4. The Labute approximate surface area is 174 Å². The van der Waals surface area contributed by atoms with Gasteiger partial charge in [0.15, 0.2) is 0 Å². The van der Waals surface area contributed by atoms with Crippen molar-refractivity contribution in [2.45, 2.75) is 4.90 Å². The fraction of sp³-hybridized carbons (Fsp3) is 0.300. The molecule has 3 aromatic heterocycles. The summed E-state index contributed by atoms with van der Waals surface area (Å²) in [4.78, 5) is 23.3. The maximum atomic E-state index is 4.55. The van der Waals surface area contributed by atoms with Gasteiger partial charge in [0, 0.05) is 43.3 Å². The van der Waals surface area contributed by atoms with E-state index in [1.165, 1.54) is 6.33 Å². The number of pyridine rings is 2. The topological polar surface area (TPSA) is 82.1 Å². The number of anilines is 5. The van der Waals surface area contributed by atoms with Crippen LogP contribution in [0.5, 0.6) is 0 Å². The van der Waals surface area contributed by atoms with Crippen molar-refractivity contribution in [2.24, 2.45) is 0 Å². The monoisotopic (exact) mass is 408 g/mol. The van der Waals surface area contributed by atoms with E-state index in [1.807, 2.05) is 36.7 Å². The Morgan fingerprint density at radius 3 is 2.41 bits per heavy atom. The summed E-state index contributed by atoms with van der Waals surface area (Å²) in [5.74, 6) is 2.86. The zero-order valence-electron chi connectivity index (χ0n) is 16.5. The van der Waals surface area contributed by atoms with E-state index in [1.54, 1.807) is 18.0 Å². The molecule has 29 heavy (non-hydrogen) atoms. The van der Waals surface area contributed by atoms with Gasteiger partial charge in [-0.05, 0) is 37.6 Å². The molecule has 150 valence electrons. The highest BCUT2D eigenvalue weighted by Crippen LogP contribution is 2.26. The van der Waals surface area contributed by atoms with Crippen molar-refractivity contribution < 1.29 is 0 Å². The molecule has 2 N–H and O–H groups in total. The molecule has 1 fully saturated rings. The van der Waals surface area contributed by atoms with Gasteiger partial charge in [-0.15, -0.1) is 11.8 Å². The van der Waals surface area contributed by atoms with E-state index in [0.29, 0.717) is 11.6 Å². The zero-order chi connectivity index (χ0) is 20.1. The highest BCUT2D eigenvalue weighted by atomic mass is 32.2. The van der Waals surface area contributed by atoms with Gasteiger partial charge >= 0.3 is 0 Å². The first-order chi connectivity index (χ1) is 14.2. The fourth-order valence-corrected chi connectivity index (χ4v) is 3.62. The third kappa shape index (κ3) is 4.93. The molecule has 0 bridgehead atoms. The lowest BCUT2D eigenvalue weighted by molar-refractivity contribution is 0.313. The number of hydrogen-bond acceptors (Lipinski definition) is 9. The van der Waals surface area contributed by atoms with Gasteiger partial charge in [-0.3, -0.25) is 0 Å². The Hall–Kier alpha value is -2.91. The summed E-state index contributed by atoms with van der Waals surface area (Å²) < 4.78 is 0. The minimum atomic E-state index is 0.670. The molecule has 3 aromatic rings. The van der Waals surface area contributed by atoms with Crippen LogP contribution in [0.1, 0.15) is 0 Å². The first-order valence-electron chi connectivity index (χ1n) is 9.46. The molecule has 0 radical (unpaired) electrons. The average molecular weight is 409 g/mol. The predicted molar refractivity (Wildman–Crippen MR) is 119 cm³/mol. The Kier molecular flexibility index (Phi) is 6.06. The van der Waals surface area contributed by atoms with E-state index in [0.717, 1.165) is 48.4 Å². The Morgan fingerprint density at radius 2 is 1.69 bits per heavy atom. The molecule has 0 amide bonds. The molecular formula is C20H24N8S. The van der Waals surface area contributed by atoms with Gasteiger partial charge in [0.25, 0.3) is 0 Å². The lowest BCUT2D eigenvalue weighted by Crippen LogP contribution is -2.44. The van der Waals surface area contributed by atoms with Crippen LogP contribution in [-0.2, 0) is 0 Å². The summed E-state index contributed by atoms with van der Waals surface area (Å²) in [5.41, 5.74) is 1.15. The largest absolute Gasteiger partial charge is 0.368 e. The van der Waals surface area contributed by atoms with Gasteiger partial charge in [0.05, 0.1) is 11.9 Å². The number of nitrogens with zero attached hydrogens (tertiary/aromatic N) is 6. The maximum absolute atomic E-state index is 4.55. The lowest BCUT2D eigenvalue weighted by atomic mass is 10.3. The van der Waals surface area contributed by atoms with Gasteiger partial charge in [-0.2, -0.15) is 0 Å². The van der Waals surface area contributed by atoms with E-state index in [9.17, 15) is 0 Å². The first-order valence-corrected chi connectivity index (χ1v) is 10.7. The zero-order valence-corrected chi connectivity index (χ0v) is 17.4. The second-order valence-electron chi connectivity index (χ2n) is 6.78. The predicted octanol–water partition coefficient (Wildman–Crippen LogP) is 3.23. The van der Waals surface area contributed by atoms with Crippen LogP contribution in [-0.4, -0.2) is 64.3 Å². The number of likely N-dealkylation sites (N-methyl/N-ethyl adjacent to an activating group) is 1. The third-order valence-corrected chi connectivity index (χ3v) is 5.55. The third-order valence-electron chi connectivity index (χ3n) is 4.78. The van der Waals surface area contributed by atoms with E-state index >= 15 is 0 Å². The van der Waals surface area contributed by atoms with Gasteiger partial charge < -0.3 is 20.4 Å². The Balaban J connectivity index is 1.42. The van der Waals surface area contributed by atoms with Crippen LogP contribution in [0.4, 0.5) is 29.0 Å². The van der Waals surface area contributed by atoms with Crippen LogP contribution in [0, 0.1) is 0 Å². The summed E-state index contributed by atoms with van der Waals surface area (Å²) in [6.45, 7) is 4.20. The Morgan fingerprint density at radius 1 is 0.897 bits per heavy atom. The standard InChI is InChI=1S/C20H24N8S/c1-27-8-10-28(11-9-27)15-5-6-17(22-13-15)25-18-12-19(24-14-23-18)26-20-16(29-2)4-3-7-21-20/h3-7,12-14H,8-11H2,1-2H3,(H2,21,22,23,24,25,26). The molecule has 4 rings (SSSR count). The number of thioether (sulfide) groups is 1. The molecule has 1 aliphatic rings. The van der Waals surface area contributed by atoms with Crippen molar-refractivity contribution in [3.8, 4) is 0 Å². The van der Waals surface area contributed by atoms with E-state index in [2.05, 4.69) is 53.5 Å². The van der Waals surface area contributed by atoms with Gasteiger partial charge in [0.1, 0.15) is 29.6 Å². The summed E-state index contributed by atoms with van der Waals surface area (Å²) in [5, 5.41) is 6.49. The summed E-state index contributed by atoms with van der Waals surface area (Å²) in [7, 11) is 2.16. The number of hydrogen-bond donors (Lipinski definition) is 2. The molecule has 0 unspecified atom stereocenters. The second kappa shape index (κ2) is 9.06. The molecule has 1 saturated heterocycles. The van der Waals surface area contributed by atoms with Crippen LogP contribution in [0.25, 0.3) is 0 Å². The van der Waals surface area contributed by atoms with E-state index in [-0.39, 0.29) is 0 Å². The van der Waals surface area contributed by atoms with Crippen molar-refractivity contribution in [1.29, 1.82) is 0 Å². The molecule has 0 atom stereocenters. The molecule has 8 nitrogen and oxygen atoms in total. The van der Waals surface area contributed by atoms with Crippen molar-refractivity contribution in [2.75, 3.05) is 55.0 Å². The smallest absolute Gasteiger partial charge is 0.145 e. The van der Waals surface area contributed by atoms with Crippen LogP contribution >= 0.6 is 11.8 Å². The van der Waals surface area contributed by atoms with Gasteiger partial charge in [0.2, 0.25) is 0 Å². The molecular weight excluding hydrogens is 384 g/mol. The Bertz CT molecular complexity index is 941. The van der Waals surface area contributed by atoms with Crippen molar-refractivity contribution in [3.63, 3.8) is 0 Å². The quantitative estimate of drug-likeness (QED) is 0.597. The number of piperazine rings is 1. The van der Waals surface area contributed by atoms with Gasteiger partial charge in [-0.25, -0.2) is 19.9 Å². The van der Waals surface area contributed by atoms with Crippen molar-refractivity contribution >= 4 is 40.7 Å². The number of nitrogens with one attached hydrogen (secondary N) is 2. The maximum Gasteiger partial charge on any atom is 0.145 e. The van der Waals surface area contributed by atoms with Crippen molar-refractivity contribution in [3.05, 3.63) is 49.1 Å². The number of rotatable bonds is 6. The molecule has 0 aromatic carbocycles. The van der Waals surface area contributed by atoms with Crippen LogP contribution < -0.4 is 15.5 Å². The van der Waals surface area contributed by atoms with Crippen molar-refractivity contribution in [1.82, 2.24) is 24.8 Å². The molecule has 9 heteroatoms. The van der Waals surface area contributed by atoms with E-state index in [4.69, 9.17) is 0 Å². The van der Waals surface area contributed by atoms with Crippen LogP contribution in [0.15, 0.2) is 53.9 Å². The molecule has 0 saturated carbocycles. The molecule has 4 heterocycles. The minimum Gasteiger partial charge on any atom is -0.368 e. The fourth-order valence-electron chi connectivity index (χ4n) is 3.11. The summed E-state index contributed by atoms with van der Waals surface area (Å²) in [6, 6.07) is 9.86. The molecule has 0 aliphatic carbocycles. The lowest BCUT2D eigenvalue weighted by Gasteiger charge is -2.33.